The van der Waals surface area contributed by atoms with Gasteiger partial charge in [0.25, 0.3) is 5.91 Å². The molecule has 1 amide bonds. The van der Waals surface area contributed by atoms with Gasteiger partial charge in [0, 0.05) is 11.1 Å². The first-order chi connectivity index (χ1) is 11.5. The third kappa shape index (κ3) is 5.20. The molecule has 0 aliphatic rings. The smallest absolute Gasteiger partial charge is 0.379 e. The summed E-state index contributed by atoms with van der Waals surface area (Å²) >= 11 is 0. The number of carbonyl (C=O) groups is 1. The van der Waals surface area contributed by atoms with E-state index in [1.165, 1.54) is 18.2 Å². The van der Waals surface area contributed by atoms with Crippen molar-refractivity contribution in [3.8, 4) is 0 Å². The molecular weight excluding hydrogens is 336 g/mol. The van der Waals surface area contributed by atoms with E-state index in [-0.39, 0.29) is 11.3 Å². The van der Waals surface area contributed by atoms with Crippen molar-refractivity contribution < 1.29 is 22.4 Å². The highest BCUT2D eigenvalue weighted by Gasteiger charge is 2.31. The third-order valence-electron chi connectivity index (χ3n) is 3.21. The summed E-state index contributed by atoms with van der Waals surface area (Å²) in [6, 6.07) is 7.82. The summed E-state index contributed by atoms with van der Waals surface area (Å²) in [5.74, 6) is -1.14. The van der Waals surface area contributed by atoms with Crippen LogP contribution in [0.15, 0.2) is 42.5 Å². The lowest BCUT2D eigenvalue weighted by Crippen LogP contribution is -2.27. The minimum atomic E-state index is -4.53. The molecule has 2 aromatic carbocycles. The molecule has 2 N–H and O–H groups in total. The number of benzene rings is 2. The second-order valence-electron chi connectivity index (χ2n) is 6.59. The summed E-state index contributed by atoms with van der Waals surface area (Å²) in [5, 5.41) is 5.51. The predicted octanol–water partition coefficient (Wildman–Crippen LogP) is 5.31. The van der Waals surface area contributed by atoms with Gasteiger partial charge in [-0.2, -0.15) is 13.2 Å². The van der Waals surface area contributed by atoms with Crippen LogP contribution >= 0.6 is 0 Å². The van der Waals surface area contributed by atoms with E-state index in [9.17, 15) is 22.4 Å². The zero-order chi connectivity index (χ0) is 18.8. The molecule has 0 fully saturated rings. The molecule has 0 heterocycles. The van der Waals surface area contributed by atoms with Crippen molar-refractivity contribution in [2.45, 2.75) is 32.5 Å². The maximum Gasteiger partial charge on any atom is 0.416 e. The SMILES string of the molecule is CC(C)(C)Nc1ccc(C(F)(F)F)cc1NC(=O)c1ccc(F)cc1. The van der Waals surface area contributed by atoms with Gasteiger partial charge in [0.2, 0.25) is 0 Å². The topological polar surface area (TPSA) is 41.1 Å². The van der Waals surface area contributed by atoms with Gasteiger partial charge in [0.05, 0.1) is 16.9 Å². The maximum absolute atomic E-state index is 13.0. The van der Waals surface area contributed by atoms with Crippen molar-refractivity contribution in [1.29, 1.82) is 0 Å². The number of carbonyl (C=O) groups excluding carboxylic acids is 1. The molecule has 0 aliphatic heterocycles. The largest absolute Gasteiger partial charge is 0.416 e. The number of halogens is 4. The van der Waals surface area contributed by atoms with E-state index in [2.05, 4.69) is 10.6 Å². The van der Waals surface area contributed by atoms with Gasteiger partial charge in [0.1, 0.15) is 5.82 Å². The first-order valence-electron chi connectivity index (χ1n) is 7.52. The molecule has 25 heavy (non-hydrogen) atoms. The van der Waals surface area contributed by atoms with Crippen molar-refractivity contribution in [2.75, 3.05) is 10.6 Å². The van der Waals surface area contributed by atoms with Gasteiger partial charge < -0.3 is 10.6 Å². The van der Waals surface area contributed by atoms with Crippen LogP contribution in [-0.4, -0.2) is 11.4 Å². The normalized spacial score (nSPS) is 12.0. The molecule has 2 aromatic rings. The molecule has 0 aromatic heterocycles. The van der Waals surface area contributed by atoms with Gasteiger partial charge in [-0.3, -0.25) is 4.79 Å². The average Bonchev–Trinajstić information content (AvgIpc) is 2.47. The lowest BCUT2D eigenvalue weighted by Gasteiger charge is -2.25. The van der Waals surface area contributed by atoms with Gasteiger partial charge in [0.15, 0.2) is 0 Å². The third-order valence-corrected chi connectivity index (χ3v) is 3.21. The number of alkyl halides is 3. The lowest BCUT2D eigenvalue weighted by atomic mass is 10.1. The summed E-state index contributed by atoms with van der Waals surface area (Å²) in [4.78, 5) is 12.3. The number of hydrogen-bond donors (Lipinski definition) is 2. The molecule has 2 rings (SSSR count). The maximum atomic E-state index is 13.0. The predicted molar refractivity (Wildman–Crippen MR) is 89.2 cm³/mol. The van der Waals surface area contributed by atoms with Gasteiger partial charge in [-0.25, -0.2) is 4.39 Å². The van der Waals surface area contributed by atoms with Gasteiger partial charge in [-0.05, 0) is 63.2 Å². The van der Waals surface area contributed by atoms with Gasteiger partial charge >= 0.3 is 6.18 Å². The molecule has 0 unspecified atom stereocenters. The Bertz CT molecular complexity index is 762. The number of nitrogens with one attached hydrogen (secondary N) is 2. The summed E-state index contributed by atoms with van der Waals surface area (Å²) in [6.07, 6.45) is -4.53. The van der Waals surface area contributed by atoms with Crippen LogP contribution in [0.1, 0.15) is 36.7 Å². The fourth-order valence-electron chi connectivity index (χ4n) is 2.13. The number of rotatable bonds is 3. The molecule has 0 saturated heterocycles. The monoisotopic (exact) mass is 354 g/mol. The first-order valence-corrected chi connectivity index (χ1v) is 7.52. The fraction of sp³-hybridized carbons (Fsp3) is 0.278. The highest BCUT2D eigenvalue weighted by atomic mass is 19.4. The Labute approximate surface area is 143 Å². The van der Waals surface area contributed by atoms with E-state index in [0.29, 0.717) is 5.69 Å². The van der Waals surface area contributed by atoms with Crippen molar-refractivity contribution in [3.63, 3.8) is 0 Å². The molecule has 134 valence electrons. The Kier molecular flexibility index (Phi) is 5.06. The molecule has 0 radical (unpaired) electrons. The molecule has 3 nitrogen and oxygen atoms in total. The minimum absolute atomic E-state index is 0.000856. The number of hydrogen-bond acceptors (Lipinski definition) is 2. The first kappa shape index (κ1) is 18.8. The lowest BCUT2D eigenvalue weighted by molar-refractivity contribution is -0.137. The Hall–Kier alpha value is -2.57. The van der Waals surface area contributed by atoms with Crippen molar-refractivity contribution >= 4 is 17.3 Å². The summed E-state index contributed by atoms with van der Waals surface area (Å²) in [5.41, 5.74) is -0.799. The molecule has 0 aliphatic carbocycles. The number of amides is 1. The fourth-order valence-corrected chi connectivity index (χ4v) is 2.13. The van der Waals surface area contributed by atoms with Crippen molar-refractivity contribution in [3.05, 3.63) is 59.4 Å². The van der Waals surface area contributed by atoms with E-state index in [0.717, 1.165) is 24.3 Å². The quantitative estimate of drug-likeness (QED) is 0.734. The van der Waals surface area contributed by atoms with Gasteiger partial charge in [-0.1, -0.05) is 0 Å². The van der Waals surface area contributed by atoms with Crippen LogP contribution in [0.3, 0.4) is 0 Å². The second kappa shape index (κ2) is 6.74. The number of anilines is 2. The zero-order valence-corrected chi connectivity index (χ0v) is 14.0. The highest BCUT2D eigenvalue weighted by molar-refractivity contribution is 6.06. The van der Waals surface area contributed by atoms with Crippen LogP contribution in [0.5, 0.6) is 0 Å². The molecule has 7 heteroatoms. The minimum Gasteiger partial charge on any atom is -0.379 e. The highest BCUT2D eigenvalue weighted by Crippen LogP contribution is 2.35. The van der Waals surface area contributed by atoms with Crippen LogP contribution in [-0.2, 0) is 6.18 Å². The van der Waals surface area contributed by atoms with E-state index >= 15 is 0 Å². The van der Waals surface area contributed by atoms with E-state index in [1.807, 2.05) is 20.8 Å². The average molecular weight is 354 g/mol. The van der Waals surface area contributed by atoms with Crippen LogP contribution < -0.4 is 10.6 Å². The van der Waals surface area contributed by atoms with Crippen molar-refractivity contribution in [2.24, 2.45) is 0 Å². The zero-order valence-electron chi connectivity index (χ0n) is 14.0. The summed E-state index contributed by atoms with van der Waals surface area (Å²) < 4.78 is 51.8. The van der Waals surface area contributed by atoms with E-state index in [4.69, 9.17) is 0 Å². The molecular formula is C18H18F4N2O. The van der Waals surface area contributed by atoms with E-state index < -0.39 is 29.0 Å². The van der Waals surface area contributed by atoms with Crippen LogP contribution in [0.2, 0.25) is 0 Å². The molecule has 0 bridgehead atoms. The van der Waals surface area contributed by atoms with Crippen LogP contribution in [0.25, 0.3) is 0 Å². The molecule has 0 saturated carbocycles. The Morgan fingerprint density at radius 3 is 2.04 bits per heavy atom. The molecule has 0 spiro atoms. The Balaban J connectivity index is 2.38. The van der Waals surface area contributed by atoms with Crippen LogP contribution in [0, 0.1) is 5.82 Å². The van der Waals surface area contributed by atoms with Crippen LogP contribution in [0.4, 0.5) is 28.9 Å². The van der Waals surface area contributed by atoms with Crippen molar-refractivity contribution in [1.82, 2.24) is 0 Å². The Morgan fingerprint density at radius 2 is 1.52 bits per heavy atom. The van der Waals surface area contributed by atoms with Gasteiger partial charge in [-0.15, -0.1) is 0 Å². The molecule has 0 atom stereocenters. The summed E-state index contributed by atoms with van der Waals surface area (Å²) in [6.45, 7) is 5.53. The summed E-state index contributed by atoms with van der Waals surface area (Å²) in [7, 11) is 0. The Morgan fingerprint density at radius 1 is 0.920 bits per heavy atom. The second-order valence-corrected chi connectivity index (χ2v) is 6.59. The van der Waals surface area contributed by atoms with E-state index in [1.54, 1.807) is 0 Å². The standard InChI is InChI=1S/C18H18F4N2O/c1-17(2,3)24-14-9-6-12(18(20,21)22)10-15(14)23-16(25)11-4-7-13(19)8-5-11/h4-10,24H,1-3H3,(H,23,25).